The first-order valence-electron chi connectivity index (χ1n) is 13.1. The number of halogens is 3. The second-order valence-electron chi connectivity index (χ2n) is 9.91. The molecule has 3 heterocycles. The number of aliphatic carboxylic acids is 1. The third-order valence-corrected chi connectivity index (χ3v) is 7.35. The van der Waals surface area contributed by atoms with E-state index in [1.54, 1.807) is 36.1 Å². The van der Waals surface area contributed by atoms with Gasteiger partial charge in [0.2, 0.25) is 0 Å². The summed E-state index contributed by atoms with van der Waals surface area (Å²) in [5, 5.41) is 9.15. The van der Waals surface area contributed by atoms with Gasteiger partial charge in [-0.25, -0.2) is 4.79 Å². The van der Waals surface area contributed by atoms with Gasteiger partial charge >= 0.3 is 18.1 Å². The van der Waals surface area contributed by atoms with Gasteiger partial charge in [-0.1, -0.05) is 36.4 Å². The van der Waals surface area contributed by atoms with Gasteiger partial charge in [-0.15, -0.1) is 0 Å². The number of carbonyl (C=O) groups excluding carboxylic acids is 2. The molecule has 1 amide bonds. The van der Waals surface area contributed by atoms with Gasteiger partial charge in [0, 0.05) is 12.1 Å². The normalized spacial score (nSPS) is 16.1. The van der Waals surface area contributed by atoms with Crippen LogP contribution < -0.4 is 0 Å². The van der Waals surface area contributed by atoms with E-state index in [0.29, 0.717) is 52.2 Å². The molecular formula is C30H27F3N2O5. The molecule has 0 bridgehead atoms. The van der Waals surface area contributed by atoms with Crippen molar-refractivity contribution < 1.29 is 37.4 Å². The number of fused-ring (bicyclic) bond motifs is 3. The smallest absolute Gasteiger partial charge is 0.416 e. The van der Waals surface area contributed by atoms with Crippen molar-refractivity contribution in [2.24, 2.45) is 0 Å². The molecule has 5 rings (SSSR count). The summed E-state index contributed by atoms with van der Waals surface area (Å²) in [6.07, 6.45) is -2.50. The molecule has 0 aliphatic carbocycles. The Balaban J connectivity index is 1.62. The van der Waals surface area contributed by atoms with E-state index in [-0.39, 0.29) is 37.0 Å². The Labute approximate surface area is 228 Å². The number of esters is 1. The number of amides is 1. The van der Waals surface area contributed by atoms with Crippen LogP contribution in [0.2, 0.25) is 0 Å². The average Bonchev–Trinajstić information content (AvgIpc) is 3.49. The zero-order valence-electron chi connectivity index (χ0n) is 21.8. The zero-order chi connectivity index (χ0) is 28.6. The lowest BCUT2D eigenvalue weighted by Gasteiger charge is -2.18. The van der Waals surface area contributed by atoms with Gasteiger partial charge in [-0.2, -0.15) is 13.2 Å². The minimum atomic E-state index is -4.44. The number of carboxylic acids is 1. The fourth-order valence-electron chi connectivity index (χ4n) is 5.53. The van der Waals surface area contributed by atoms with E-state index in [1.807, 2.05) is 0 Å². The quantitative estimate of drug-likeness (QED) is 0.363. The van der Waals surface area contributed by atoms with Crippen LogP contribution in [0.3, 0.4) is 0 Å². The molecular weight excluding hydrogens is 525 g/mol. The second-order valence-corrected chi connectivity index (χ2v) is 9.91. The lowest BCUT2D eigenvalue weighted by molar-refractivity contribution is -0.138. The predicted molar refractivity (Wildman–Crippen MR) is 139 cm³/mol. The molecule has 208 valence electrons. The number of benzene rings is 2. The van der Waals surface area contributed by atoms with Crippen LogP contribution in [0.4, 0.5) is 13.2 Å². The molecule has 0 spiro atoms. The standard InChI is InChI=1S/C30H27F3N2O5/c1-2-40-29(39)25-21(14-9-17-7-12-20(13-8-17)30(31,32)33)34-27-22-4-3-15-35(22)28(38)26(27)24(25)19-10-5-18(6-11-19)16-23(36)37/h5-8,10-13,22H,2-4,9,14-16H2,1H3,(H,36,37)/t22-/m0/s1. The highest BCUT2D eigenvalue weighted by Gasteiger charge is 2.44. The van der Waals surface area contributed by atoms with Gasteiger partial charge < -0.3 is 14.7 Å². The molecule has 2 aliphatic heterocycles. The van der Waals surface area contributed by atoms with Crippen molar-refractivity contribution in [3.63, 3.8) is 0 Å². The number of carbonyl (C=O) groups is 3. The minimum Gasteiger partial charge on any atom is -0.481 e. The number of rotatable bonds is 8. The molecule has 7 nitrogen and oxygen atoms in total. The summed E-state index contributed by atoms with van der Waals surface area (Å²) in [6.45, 7) is 2.34. The number of ether oxygens (including phenoxy) is 1. The topological polar surface area (TPSA) is 96.8 Å². The van der Waals surface area contributed by atoms with Crippen LogP contribution >= 0.6 is 0 Å². The Morgan fingerprint density at radius 1 is 1.02 bits per heavy atom. The Morgan fingerprint density at radius 2 is 1.70 bits per heavy atom. The van der Waals surface area contributed by atoms with Crippen LogP contribution in [0.15, 0.2) is 48.5 Å². The van der Waals surface area contributed by atoms with E-state index in [4.69, 9.17) is 14.8 Å². The van der Waals surface area contributed by atoms with Crippen molar-refractivity contribution in [2.75, 3.05) is 13.2 Å². The van der Waals surface area contributed by atoms with Crippen molar-refractivity contribution in [3.8, 4) is 11.1 Å². The molecule has 1 fully saturated rings. The van der Waals surface area contributed by atoms with Crippen LogP contribution in [0.25, 0.3) is 11.1 Å². The lowest BCUT2D eigenvalue weighted by Crippen LogP contribution is -2.23. The van der Waals surface area contributed by atoms with Gasteiger partial charge in [0.05, 0.1) is 47.1 Å². The number of hydrogen-bond donors (Lipinski definition) is 1. The van der Waals surface area contributed by atoms with Crippen molar-refractivity contribution in [3.05, 3.63) is 87.7 Å². The van der Waals surface area contributed by atoms with Crippen LogP contribution in [0.5, 0.6) is 0 Å². The van der Waals surface area contributed by atoms with E-state index in [0.717, 1.165) is 25.0 Å². The number of carboxylic acid groups (broad SMARTS) is 1. The van der Waals surface area contributed by atoms with Crippen LogP contribution in [0.1, 0.15) is 74.6 Å². The average molecular weight is 553 g/mol. The van der Waals surface area contributed by atoms with E-state index in [1.165, 1.54) is 12.1 Å². The SMILES string of the molecule is CCOC(=O)c1c(CCc2ccc(C(F)(F)F)cc2)nc2c(c1-c1ccc(CC(=O)O)cc1)C(=O)N1CCC[C@@H]21. The highest BCUT2D eigenvalue weighted by molar-refractivity contribution is 6.10. The Hall–Kier alpha value is -4.21. The van der Waals surface area contributed by atoms with Gasteiger partial charge in [-0.05, 0) is 61.4 Å². The first-order chi connectivity index (χ1) is 19.1. The molecule has 3 aromatic rings. The first-order valence-corrected chi connectivity index (χ1v) is 13.1. The summed E-state index contributed by atoms with van der Waals surface area (Å²) in [4.78, 5) is 44.8. The van der Waals surface area contributed by atoms with E-state index < -0.39 is 23.7 Å². The maximum Gasteiger partial charge on any atom is 0.416 e. The molecule has 1 atom stereocenters. The summed E-state index contributed by atoms with van der Waals surface area (Å²) >= 11 is 0. The maximum absolute atomic E-state index is 13.6. The Morgan fingerprint density at radius 3 is 2.33 bits per heavy atom. The minimum absolute atomic E-state index is 0.0912. The number of hydrogen-bond acceptors (Lipinski definition) is 5. The Kier molecular flexibility index (Phi) is 7.35. The summed E-state index contributed by atoms with van der Waals surface area (Å²) in [6, 6.07) is 11.3. The first kappa shape index (κ1) is 27.4. The Bertz CT molecular complexity index is 1470. The number of alkyl halides is 3. The summed E-state index contributed by atoms with van der Waals surface area (Å²) < 4.78 is 44.5. The summed E-state index contributed by atoms with van der Waals surface area (Å²) in [5.74, 6) is -1.84. The van der Waals surface area contributed by atoms with Gasteiger partial charge in [0.15, 0.2) is 0 Å². The number of aromatic nitrogens is 1. The third-order valence-electron chi connectivity index (χ3n) is 7.35. The van der Waals surface area contributed by atoms with Crippen molar-refractivity contribution >= 4 is 17.8 Å². The lowest BCUT2D eigenvalue weighted by atomic mass is 9.89. The van der Waals surface area contributed by atoms with Crippen LogP contribution in [-0.4, -0.2) is 46.0 Å². The molecule has 10 heteroatoms. The van der Waals surface area contributed by atoms with Gasteiger partial charge in [-0.3, -0.25) is 14.6 Å². The molecule has 1 aromatic heterocycles. The number of aryl methyl sites for hydroxylation is 2. The van der Waals surface area contributed by atoms with Gasteiger partial charge in [0.25, 0.3) is 5.91 Å². The zero-order valence-corrected chi connectivity index (χ0v) is 21.8. The molecule has 0 unspecified atom stereocenters. The summed E-state index contributed by atoms with van der Waals surface area (Å²) in [7, 11) is 0. The van der Waals surface area contributed by atoms with E-state index in [2.05, 4.69) is 0 Å². The monoisotopic (exact) mass is 552 g/mol. The molecule has 0 saturated carbocycles. The highest BCUT2D eigenvalue weighted by atomic mass is 19.4. The second kappa shape index (κ2) is 10.7. The third kappa shape index (κ3) is 5.17. The van der Waals surface area contributed by atoms with Crippen LogP contribution in [-0.2, 0) is 35.0 Å². The van der Waals surface area contributed by atoms with Crippen molar-refractivity contribution in [1.82, 2.24) is 9.88 Å². The van der Waals surface area contributed by atoms with Crippen molar-refractivity contribution in [1.29, 1.82) is 0 Å². The highest BCUT2D eigenvalue weighted by Crippen LogP contribution is 2.45. The molecule has 2 aromatic carbocycles. The molecule has 2 aliphatic rings. The van der Waals surface area contributed by atoms with E-state index in [9.17, 15) is 27.6 Å². The molecule has 1 N–H and O–H groups in total. The number of nitrogens with zero attached hydrogens (tertiary/aromatic N) is 2. The summed E-state index contributed by atoms with van der Waals surface area (Å²) in [5.41, 5.74) is 2.90. The van der Waals surface area contributed by atoms with Crippen molar-refractivity contribution in [2.45, 2.75) is 51.2 Å². The van der Waals surface area contributed by atoms with E-state index >= 15 is 0 Å². The van der Waals surface area contributed by atoms with Crippen LogP contribution in [0, 0.1) is 0 Å². The largest absolute Gasteiger partial charge is 0.481 e. The number of pyridine rings is 1. The fourth-order valence-corrected chi connectivity index (χ4v) is 5.53. The molecule has 1 saturated heterocycles. The fraction of sp³-hybridized carbons (Fsp3) is 0.333. The molecule has 40 heavy (non-hydrogen) atoms. The predicted octanol–water partition coefficient (Wildman–Crippen LogP) is 5.65. The maximum atomic E-state index is 13.6. The van der Waals surface area contributed by atoms with Gasteiger partial charge in [0.1, 0.15) is 0 Å². The molecule has 0 radical (unpaired) electrons.